The molecular weight excluding hydrogens is 148 g/mol. The fourth-order valence-electron chi connectivity index (χ4n) is 1.20. The van der Waals surface area contributed by atoms with Crippen LogP contribution in [-0.2, 0) is 14.3 Å². The molecule has 0 aromatic rings. The van der Waals surface area contributed by atoms with Gasteiger partial charge in [-0.15, -0.1) is 0 Å². The van der Waals surface area contributed by atoms with E-state index in [4.69, 9.17) is 9.84 Å². The number of carbonyl (C=O) groups excluding carboxylic acids is 1. The Balaban J connectivity index is 2.82. The number of esters is 1. The lowest BCUT2D eigenvalue weighted by Gasteiger charge is -2.20. The van der Waals surface area contributed by atoms with Gasteiger partial charge in [0.05, 0.1) is 6.42 Å². The molecule has 1 fully saturated rings. The van der Waals surface area contributed by atoms with Crippen LogP contribution in [0.15, 0.2) is 0 Å². The number of rotatable bonds is 1. The predicted molar refractivity (Wildman–Crippen MR) is 35.9 cm³/mol. The Hall–Kier alpha value is -1.06. The lowest BCUT2D eigenvalue weighted by atomic mass is 9.91. The van der Waals surface area contributed by atoms with Crippen LogP contribution in [-0.4, -0.2) is 22.6 Å². The smallest absolute Gasteiger partial charge is 0.311 e. The molecule has 11 heavy (non-hydrogen) atoms. The first-order chi connectivity index (χ1) is 4.93. The third-order valence-electron chi connectivity index (χ3n) is 1.88. The largest absolute Gasteiger partial charge is 0.481 e. The molecule has 1 heterocycles. The van der Waals surface area contributed by atoms with Crippen molar-refractivity contribution in [3.63, 3.8) is 0 Å². The molecule has 0 saturated carbocycles. The zero-order valence-corrected chi connectivity index (χ0v) is 6.46. The molecule has 62 valence electrons. The van der Waals surface area contributed by atoms with Crippen LogP contribution >= 0.6 is 0 Å². The number of aliphatic carboxylic acids is 1. The third kappa shape index (κ3) is 1.34. The van der Waals surface area contributed by atoms with Crippen molar-refractivity contribution in [2.45, 2.75) is 25.9 Å². The number of hydrogen-bond donors (Lipinski definition) is 1. The summed E-state index contributed by atoms with van der Waals surface area (Å²) in [6.45, 7) is 3.22. The fraction of sp³-hybridized carbons (Fsp3) is 0.714. The molecule has 0 aliphatic carbocycles. The summed E-state index contributed by atoms with van der Waals surface area (Å²) in [5.41, 5.74) is -0.844. The topological polar surface area (TPSA) is 63.6 Å². The highest BCUT2D eigenvalue weighted by molar-refractivity contribution is 5.83. The SMILES string of the molecule is CC1(C)OC(=O)C[C@@H]1C(=O)O. The van der Waals surface area contributed by atoms with Crippen molar-refractivity contribution in [1.82, 2.24) is 0 Å². The van der Waals surface area contributed by atoms with E-state index in [2.05, 4.69) is 0 Å². The number of carboxylic acids is 1. The molecule has 0 bridgehead atoms. The van der Waals surface area contributed by atoms with Crippen molar-refractivity contribution < 1.29 is 19.4 Å². The average Bonchev–Trinajstić information content (AvgIpc) is 2.04. The van der Waals surface area contributed by atoms with E-state index in [9.17, 15) is 9.59 Å². The number of hydrogen-bond acceptors (Lipinski definition) is 3. The summed E-state index contributed by atoms with van der Waals surface area (Å²) in [6.07, 6.45) is -0.0116. The van der Waals surface area contributed by atoms with Gasteiger partial charge in [0.15, 0.2) is 0 Å². The highest BCUT2D eigenvalue weighted by atomic mass is 16.6. The van der Waals surface area contributed by atoms with Crippen LogP contribution in [0.1, 0.15) is 20.3 Å². The van der Waals surface area contributed by atoms with Crippen LogP contribution in [0.4, 0.5) is 0 Å². The van der Waals surface area contributed by atoms with Gasteiger partial charge < -0.3 is 9.84 Å². The highest BCUT2D eigenvalue weighted by Gasteiger charge is 2.46. The van der Waals surface area contributed by atoms with Gasteiger partial charge in [-0.05, 0) is 13.8 Å². The first kappa shape index (κ1) is 8.04. The molecule has 1 N–H and O–H groups in total. The second-order valence-electron chi connectivity index (χ2n) is 3.17. The van der Waals surface area contributed by atoms with Crippen LogP contribution in [0, 0.1) is 5.92 Å². The standard InChI is InChI=1S/C7H10O4/c1-7(2)4(6(9)10)3-5(8)11-7/h4H,3H2,1-2H3,(H,9,10)/t4-/m1/s1. The molecule has 0 spiro atoms. The van der Waals surface area contributed by atoms with Crippen molar-refractivity contribution >= 4 is 11.9 Å². The number of carbonyl (C=O) groups is 2. The van der Waals surface area contributed by atoms with Gasteiger partial charge in [0.1, 0.15) is 11.5 Å². The summed E-state index contributed by atoms with van der Waals surface area (Å²) >= 11 is 0. The van der Waals surface area contributed by atoms with Crippen molar-refractivity contribution in [2.24, 2.45) is 5.92 Å². The number of carboxylic acid groups (broad SMARTS) is 1. The van der Waals surface area contributed by atoms with E-state index in [0.717, 1.165) is 0 Å². The highest BCUT2D eigenvalue weighted by Crippen LogP contribution is 2.32. The van der Waals surface area contributed by atoms with Crippen LogP contribution in [0.25, 0.3) is 0 Å². The van der Waals surface area contributed by atoms with Gasteiger partial charge in [-0.1, -0.05) is 0 Å². The summed E-state index contributed by atoms with van der Waals surface area (Å²) in [4.78, 5) is 21.2. The van der Waals surface area contributed by atoms with Gasteiger partial charge in [0.25, 0.3) is 0 Å². The Morgan fingerprint density at radius 2 is 2.27 bits per heavy atom. The fourth-order valence-corrected chi connectivity index (χ4v) is 1.20. The normalized spacial score (nSPS) is 28.2. The lowest BCUT2D eigenvalue weighted by molar-refractivity contribution is -0.150. The number of ether oxygens (including phenoxy) is 1. The summed E-state index contributed by atoms with van der Waals surface area (Å²) in [6, 6.07) is 0. The monoisotopic (exact) mass is 158 g/mol. The molecule has 1 atom stereocenters. The Morgan fingerprint density at radius 1 is 1.73 bits per heavy atom. The van der Waals surface area contributed by atoms with Crippen LogP contribution in [0.5, 0.6) is 0 Å². The van der Waals surface area contributed by atoms with Crippen molar-refractivity contribution in [1.29, 1.82) is 0 Å². The van der Waals surface area contributed by atoms with E-state index in [1.807, 2.05) is 0 Å². The van der Waals surface area contributed by atoms with Gasteiger partial charge in [0.2, 0.25) is 0 Å². The summed E-state index contributed by atoms with van der Waals surface area (Å²) in [5.74, 6) is -2.10. The van der Waals surface area contributed by atoms with Crippen LogP contribution in [0.3, 0.4) is 0 Å². The average molecular weight is 158 g/mol. The van der Waals surface area contributed by atoms with Gasteiger partial charge in [-0.3, -0.25) is 9.59 Å². The summed E-state index contributed by atoms with van der Waals surface area (Å²) in [7, 11) is 0. The summed E-state index contributed by atoms with van der Waals surface area (Å²) < 4.78 is 4.80. The van der Waals surface area contributed by atoms with E-state index in [-0.39, 0.29) is 6.42 Å². The molecule has 0 aromatic carbocycles. The predicted octanol–water partition coefficient (Wildman–Crippen LogP) is 0.413. The van der Waals surface area contributed by atoms with Crippen molar-refractivity contribution in [3.05, 3.63) is 0 Å². The zero-order valence-electron chi connectivity index (χ0n) is 6.46. The lowest BCUT2D eigenvalue weighted by Crippen LogP contribution is -2.32. The van der Waals surface area contributed by atoms with Crippen LogP contribution < -0.4 is 0 Å². The second-order valence-corrected chi connectivity index (χ2v) is 3.17. The van der Waals surface area contributed by atoms with Crippen molar-refractivity contribution in [2.75, 3.05) is 0 Å². The molecule has 0 unspecified atom stereocenters. The summed E-state index contributed by atoms with van der Waals surface area (Å²) in [5, 5.41) is 8.63. The molecule has 0 aromatic heterocycles. The Bertz CT molecular complexity index is 206. The van der Waals surface area contributed by atoms with E-state index in [1.165, 1.54) is 0 Å². The minimum Gasteiger partial charge on any atom is -0.481 e. The molecule has 1 saturated heterocycles. The molecule has 4 nitrogen and oxygen atoms in total. The van der Waals surface area contributed by atoms with E-state index in [1.54, 1.807) is 13.8 Å². The van der Waals surface area contributed by atoms with Crippen molar-refractivity contribution in [3.8, 4) is 0 Å². The van der Waals surface area contributed by atoms with E-state index >= 15 is 0 Å². The van der Waals surface area contributed by atoms with Gasteiger partial charge in [-0.2, -0.15) is 0 Å². The molecule has 0 amide bonds. The Labute approximate surface area is 64.2 Å². The molecule has 1 aliphatic heterocycles. The third-order valence-corrected chi connectivity index (χ3v) is 1.88. The first-order valence-electron chi connectivity index (χ1n) is 3.38. The molecule has 4 heteroatoms. The first-order valence-corrected chi connectivity index (χ1v) is 3.38. The van der Waals surface area contributed by atoms with Gasteiger partial charge >= 0.3 is 11.9 Å². The minimum absolute atomic E-state index is 0.0116. The Morgan fingerprint density at radius 3 is 2.45 bits per heavy atom. The molecule has 1 aliphatic rings. The van der Waals surface area contributed by atoms with Crippen LogP contribution in [0.2, 0.25) is 0 Å². The molecule has 1 rings (SSSR count). The maximum atomic E-state index is 10.7. The molecular formula is C7H10O4. The van der Waals surface area contributed by atoms with Gasteiger partial charge in [-0.25, -0.2) is 0 Å². The maximum absolute atomic E-state index is 10.7. The minimum atomic E-state index is -0.971. The van der Waals surface area contributed by atoms with Gasteiger partial charge in [0, 0.05) is 0 Å². The molecule has 0 radical (unpaired) electrons. The van der Waals surface area contributed by atoms with E-state index < -0.39 is 23.5 Å². The number of cyclic esters (lactones) is 1. The quantitative estimate of drug-likeness (QED) is 0.561. The second kappa shape index (κ2) is 2.22. The zero-order chi connectivity index (χ0) is 8.65. The van der Waals surface area contributed by atoms with E-state index in [0.29, 0.717) is 0 Å². The Kier molecular flexibility index (Phi) is 1.62. The maximum Gasteiger partial charge on any atom is 0.311 e.